The van der Waals surface area contributed by atoms with Crippen LogP contribution in [-0.2, 0) is 0 Å². The molecule has 0 radical (unpaired) electrons. The summed E-state index contributed by atoms with van der Waals surface area (Å²) in [5.74, 6) is 0. The van der Waals surface area contributed by atoms with Crippen LogP contribution in [0.15, 0.2) is 152 Å². The van der Waals surface area contributed by atoms with Gasteiger partial charge in [-0.15, -0.1) is 11.3 Å². The predicted octanol–water partition coefficient (Wildman–Crippen LogP) is 12.6. The third-order valence-corrected chi connectivity index (χ3v) is 10.4. The Morgan fingerprint density at radius 3 is 1.83 bits per heavy atom. The van der Waals surface area contributed by atoms with E-state index in [4.69, 9.17) is 6.57 Å². The summed E-state index contributed by atoms with van der Waals surface area (Å²) < 4.78 is 4.74. The molecule has 9 rings (SSSR count). The van der Waals surface area contributed by atoms with Gasteiger partial charge < -0.3 is 4.57 Å². The van der Waals surface area contributed by atoms with Crippen molar-refractivity contribution in [3.05, 3.63) is 169 Å². The maximum atomic E-state index is 10.2. The molecular weight excluding hydrogens is 603 g/mol. The molecule has 0 atom stereocenters. The second-order valence-electron chi connectivity index (χ2n) is 12.0. The summed E-state index contributed by atoms with van der Waals surface area (Å²) in [6.45, 7) is 8.00. The third-order valence-electron chi connectivity index (χ3n) is 9.16. The molecule has 222 valence electrons. The molecule has 0 aliphatic carbocycles. The Morgan fingerprint density at radius 1 is 0.542 bits per heavy atom. The van der Waals surface area contributed by atoms with Crippen molar-refractivity contribution in [2.45, 2.75) is 0 Å². The van der Waals surface area contributed by atoms with E-state index in [0.29, 0.717) is 11.3 Å². The van der Waals surface area contributed by atoms with Gasteiger partial charge in [0.05, 0.1) is 29.2 Å². The molecule has 0 aliphatic rings. The summed E-state index contributed by atoms with van der Waals surface area (Å²) in [6.07, 6.45) is 0. The van der Waals surface area contributed by atoms with Gasteiger partial charge in [-0.2, -0.15) is 5.26 Å². The number of hydrogen-bond acceptors (Lipinski definition) is 2. The molecule has 2 heterocycles. The van der Waals surface area contributed by atoms with E-state index in [9.17, 15) is 5.26 Å². The summed E-state index contributed by atoms with van der Waals surface area (Å²) in [5.41, 5.74) is 10.3. The van der Waals surface area contributed by atoms with E-state index in [2.05, 4.69) is 137 Å². The fourth-order valence-corrected chi connectivity index (χ4v) is 8.23. The zero-order valence-electron chi connectivity index (χ0n) is 25.7. The van der Waals surface area contributed by atoms with Crippen LogP contribution >= 0.6 is 11.3 Å². The molecule has 3 nitrogen and oxygen atoms in total. The topological polar surface area (TPSA) is 33.1 Å². The predicted molar refractivity (Wildman–Crippen MR) is 201 cm³/mol. The standard InChI is InChI=1S/C44H25N3S/c1-46-34-22-32(23-35(26-34)47-41-16-8-5-13-36(41)37-14-6-9-17-42(37)47)30-19-28(27-45)20-31(21-30)33-24-39(29-11-3-2-4-12-29)44-40(25-33)38-15-7-10-18-43(38)48-44/h2-26H. The first-order valence-corrected chi connectivity index (χ1v) is 16.6. The lowest BCUT2D eigenvalue weighted by atomic mass is 9.92. The zero-order chi connectivity index (χ0) is 32.2. The fourth-order valence-electron chi connectivity index (χ4n) is 7.01. The minimum absolute atomic E-state index is 0.547. The Morgan fingerprint density at radius 2 is 1.15 bits per heavy atom. The van der Waals surface area contributed by atoms with Crippen LogP contribution in [0.2, 0.25) is 0 Å². The number of rotatable bonds is 4. The molecule has 48 heavy (non-hydrogen) atoms. The van der Waals surface area contributed by atoms with Crippen molar-refractivity contribution in [2.24, 2.45) is 0 Å². The van der Waals surface area contributed by atoms with E-state index in [1.165, 1.54) is 36.5 Å². The van der Waals surface area contributed by atoms with E-state index in [-0.39, 0.29) is 0 Å². The Bertz CT molecular complexity index is 2750. The lowest BCUT2D eigenvalue weighted by Gasteiger charge is -2.14. The SMILES string of the molecule is [C-]#[N+]c1cc(-c2cc(C#N)cc(-c3cc(-c4ccccc4)c4sc5ccccc5c4c3)c2)cc(-n2c3ccccc3c3ccccc32)c1. The fraction of sp³-hybridized carbons (Fsp3) is 0. The third kappa shape index (κ3) is 4.48. The van der Waals surface area contributed by atoms with Crippen molar-refractivity contribution >= 4 is 59.0 Å². The van der Waals surface area contributed by atoms with Crippen molar-refractivity contribution < 1.29 is 0 Å². The summed E-state index contributed by atoms with van der Waals surface area (Å²) in [7, 11) is 0. The number of fused-ring (bicyclic) bond motifs is 6. The second-order valence-corrected chi connectivity index (χ2v) is 13.0. The Balaban J connectivity index is 1.27. The second kappa shape index (κ2) is 11.1. The molecule has 9 aromatic rings. The maximum absolute atomic E-state index is 10.2. The van der Waals surface area contributed by atoms with Gasteiger partial charge in [-0.1, -0.05) is 84.9 Å². The van der Waals surface area contributed by atoms with Gasteiger partial charge in [-0.25, -0.2) is 4.85 Å². The highest BCUT2D eigenvalue weighted by Crippen LogP contribution is 2.44. The first-order valence-electron chi connectivity index (χ1n) is 15.8. The number of para-hydroxylation sites is 2. The molecule has 2 aromatic heterocycles. The summed E-state index contributed by atoms with van der Waals surface area (Å²) in [5, 5.41) is 15.0. The Labute approximate surface area is 281 Å². The van der Waals surface area contributed by atoms with Crippen LogP contribution < -0.4 is 0 Å². The van der Waals surface area contributed by atoms with Gasteiger partial charge in [0.15, 0.2) is 5.69 Å². The van der Waals surface area contributed by atoms with Crippen molar-refractivity contribution in [3.8, 4) is 45.1 Å². The molecule has 0 spiro atoms. The van der Waals surface area contributed by atoms with Gasteiger partial charge >= 0.3 is 0 Å². The number of nitriles is 1. The average Bonchev–Trinajstić information content (AvgIpc) is 3.70. The van der Waals surface area contributed by atoms with Crippen LogP contribution in [-0.4, -0.2) is 4.57 Å². The van der Waals surface area contributed by atoms with E-state index in [1.54, 1.807) is 0 Å². The van der Waals surface area contributed by atoms with Crippen LogP contribution in [0, 0.1) is 17.9 Å². The largest absolute Gasteiger partial charge is 0.310 e. The molecule has 0 saturated carbocycles. The van der Waals surface area contributed by atoms with Gasteiger partial charge in [0, 0.05) is 42.2 Å². The minimum atomic E-state index is 0.547. The van der Waals surface area contributed by atoms with E-state index >= 15 is 0 Å². The Hall–Kier alpha value is -6.46. The number of aromatic nitrogens is 1. The van der Waals surface area contributed by atoms with Crippen molar-refractivity contribution in [3.63, 3.8) is 0 Å². The number of benzene rings is 7. The Kier molecular flexibility index (Phi) is 6.44. The zero-order valence-corrected chi connectivity index (χ0v) is 26.5. The first-order chi connectivity index (χ1) is 23.7. The molecule has 0 fully saturated rings. The summed E-state index contributed by atoms with van der Waals surface area (Å²) in [6, 6.07) is 54.9. The normalized spacial score (nSPS) is 11.3. The molecule has 0 bridgehead atoms. The molecule has 0 saturated heterocycles. The summed E-state index contributed by atoms with van der Waals surface area (Å²) >= 11 is 1.82. The lowest BCUT2D eigenvalue weighted by Crippen LogP contribution is -1.95. The molecule has 0 unspecified atom stereocenters. The van der Waals surface area contributed by atoms with Crippen molar-refractivity contribution in [1.29, 1.82) is 5.26 Å². The van der Waals surface area contributed by atoms with Crippen molar-refractivity contribution in [2.75, 3.05) is 0 Å². The van der Waals surface area contributed by atoms with E-state index in [0.717, 1.165) is 44.5 Å². The van der Waals surface area contributed by atoms with Crippen LogP contribution in [0.1, 0.15) is 5.56 Å². The highest BCUT2D eigenvalue weighted by Gasteiger charge is 2.17. The smallest absolute Gasteiger partial charge is 0.189 e. The maximum Gasteiger partial charge on any atom is 0.189 e. The van der Waals surface area contributed by atoms with Crippen molar-refractivity contribution in [1.82, 2.24) is 4.57 Å². The number of hydrogen-bond donors (Lipinski definition) is 0. The molecule has 7 aromatic carbocycles. The van der Waals surface area contributed by atoms with Gasteiger partial charge in [-0.3, -0.25) is 0 Å². The van der Waals surface area contributed by atoms with Crippen LogP contribution in [0.5, 0.6) is 0 Å². The minimum Gasteiger partial charge on any atom is -0.310 e. The number of thiophene rings is 1. The highest BCUT2D eigenvalue weighted by atomic mass is 32.1. The first kappa shape index (κ1) is 27.8. The molecule has 4 heteroatoms. The molecule has 0 amide bonds. The van der Waals surface area contributed by atoms with Gasteiger partial charge in [0.1, 0.15) is 0 Å². The van der Waals surface area contributed by atoms with Crippen LogP contribution in [0.3, 0.4) is 0 Å². The molecule has 0 aliphatic heterocycles. The average molecular weight is 628 g/mol. The van der Waals surface area contributed by atoms with E-state index < -0.39 is 0 Å². The monoisotopic (exact) mass is 627 g/mol. The molecular formula is C44H25N3S. The highest BCUT2D eigenvalue weighted by molar-refractivity contribution is 7.26. The summed E-state index contributed by atoms with van der Waals surface area (Å²) in [4.78, 5) is 3.89. The molecule has 0 N–H and O–H groups in total. The van der Waals surface area contributed by atoms with Gasteiger partial charge in [0.25, 0.3) is 0 Å². The number of nitrogens with zero attached hydrogens (tertiary/aromatic N) is 3. The van der Waals surface area contributed by atoms with Crippen LogP contribution in [0.4, 0.5) is 5.69 Å². The van der Waals surface area contributed by atoms with Gasteiger partial charge in [-0.05, 0) is 94.5 Å². The van der Waals surface area contributed by atoms with E-state index in [1.807, 2.05) is 41.7 Å². The van der Waals surface area contributed by atoms with Gasteiger partial charge in [0.2, 0.25) is 0 Å². The lowest BCUT2D eigenvalue weighted by molar-refractivity contribution is 1.18. The van der Waals surface area contributed by atoms with Crippen LogP contribution in [0.25, 0.3) is 85.9 Å². The quantitative estimate of drug-likeness (QED) is 0.179.